The summed E-state index contributed by atoms with van der Waals surface area (Å²) < 4.78 is 13.5. The first-order chi connectivity index (χ1) is 6.48. The van der Waals surface area contributed by atoms with Gasteiger partial charge in [0.1, 0.15) is 6.42 Å². The molecule has 0 spiro atoms. The first-order valence-electron chi connectivity index (χ1n) is 4.43. The molecule has 0 aromatic rings. The average molecular weight is 222 g/mol. The molecule has 15 heavy (non-hydrogen) atoms. The second-order valence-corrected chi connectivity index (χ2v) is 4.52. The van der Waals surface area contributed by atoms with Gasteiger partial charge in [-0.2, -0.15) is 0 Å². The Balaban J connectivity index is 5.08. The highest BCUT2D eigenvalue weighted by molar-refractivity contribution is 5.82. The fourth-order valence-corrected chi connectivity index (χ4v) is 1.76. The van der Waals surface area contributed by atoms with Crippen LogP contribution in [0.2, 0.25) is 0 Å². The van der Waals surface area contributed by atoms with Crippen molar-refractivity contribution in [3.8, 4) is 0 Å². The number of alkyl halides is 1. The van der Waals surface area contributed by atoms with E-state index in [1.54, 1.807) is 0 Å². The van der Waals surface area contributed by atoms with Gasteiger partial charge in [-0.25, -0.2) is 4.39 Å². The minimum absolute atomic E-state index is 0.171. The summed E-state index contributed by atoms with van der Waals surface area (Å²) in [6.45, 7) is 1.13. The quantitative estimate of drug-likeness (QED) is 0.631. The number of halogens is 1. The molecule has 0 aliphatic carbocycles. The van der Waals surface area contributed by atoms with Crippen LogP contribution < -0.4 is 0 Å². The number of carboxylic acids is 1. The smallest absolute Gasteiger partial charge is 0.309 e. The van der Waals surface area contributed by atoms with E-state index in [1.807, 2.05) is 0 Å². The minimum Gasteiger partial charge on any atom is -0.481 e. The number of ketones is 1. The molecule has 0 amide bonds. The Morgan fingerprint density at radius 1 is 1.40 bits per heavy atom. The SMILES string of the molecule is CC(=O)C(C(O)(F)CC(=O)O)[N+](C)(C)C. The molecule has 88 valence electrons. The third-order valence-corrected chi connectivity index (χ3v) is 1.98. The van der Waals surface area contributed by atoms with E-state index < -0.39 is 30.1 Å². The van der Waals surface area contributed by atoms with Crippen molar-refractivity contribution < 1.29 is 28.7 Å². The Morgan fingerprint density at radius 2 is 1.80 bits per heavy atom. The van der Waals surface area contributed by atoms with Crippen LogP contribution in [-0.2, 0) is 9.59 Å². The first-order valence-corrected chi connectivity index (χ1v) is 4.43. The van der Waals surface area contributed by atoms with E-state index in [1.165, 1.54) is 21.1 Å². The first kappa shape index (κ1) is 14.0. The maximum Gasteiger partial charge on any atom is 0.309 e. The number of quaternary nitrogens is 1. The molecule has 0 rings (SSSR count). The molecule has 6 heteroatoms. The Kier molecular flexibility index (Phi) is 3.95. The number of carbonyl (C=O) groups is 2. The number of hydrogen-bond donors (Lipinski definition) is 2. The predicted octanol–water partition coefficient (Wildman–Crippen LogP) is -0.217. The number of carboxylic acid groups (broad SMARTS) is 1. The van der Waals surface area contributed by atoms with Gasteiger partial charge in [-0.05, 0) is 0 Å². The van der Waals surface area contributed by atoms with E-state index in [9.17, 15) is 19.1 Å². The van der Waals surface area contributed by atoms with E-state index in [2.05, 4.69) is 0 Å². The molecule has 0 radical (unpaired) electrons. The molecule has 0 aliphatic rings. The van der Waals surface area contributed by atoms with Gasteiger partial charge in [-0.15, -0.1) is 0 Å². The lowest BCUT2D eigenvalue weighted by Crippen LogP contribution is -2.60. The Hall–Kier alpha value is -1.01. The number of likely N-dealkylation sites (N-methyl/N-ethyl adjacent to an activating group) is 1. The van der Waals surface area contributed by atoms with Gasteiger partial charge in [0, 0.05) is 6.92 Å². The zero-order valence-electron chi connectivity index (χ0n) is 9.32. The van der Waals surface area contributed by atoms with Crippen molar-refractivity contribution in [2.24, 2.45) is 0 Å². The fourth-order valence-electron chi connectivity index (χ4n) is 1.76. The molecule has 0 heterocycles. The van der Waals surface area contributed by atoms with Crippen LogP contribution >= 0.6 is 0 Å². The highest BCUT2D eigenvalue weighted by Gasteiger charge is 2.50. The highest BCUT2D eigenvalue weighted by atomic mass is 19.2. The molecule has 0 bridgehead atoms. The summed E-state index contributed by atoms with van der Waals surface area (Å²) in [5, 5.41) is 17.8. The third-order valence-electron chi connectivity index (χ3n) is 1.98. The fraction of sp³-hybridized carbons (Fsp3) is 0.778. The predicted molar refractivity (Wildman–Crippen MR) is 50.8 cm³/mol. The van der Waals surface area contributed by atoms with Gasteiger partial charge in [0.2, 0.25) is 6.04 Å². The van der Waals surface area contributed by atoms with Gasteiger partial charge in [0.25, 0.3) is 5.85 Å². The minimum atomic E-state index is -3.03. The van der Waals surface area contributed by atoms with Gasteiger partial charge < -0.3 is 14.7 Å². The number of rotatable bonds is 5. The Morgan fingerprint density at radius 3 is 2.00 bits per heavy atom. The maximum atomic E-state index is 13.7. The average Bonchev–Trinajstić information content (AvgIpc) is 1.74. The van der Waals surface area contributed by atoms with Crippen molar-refractivity contribution in [1.82, 2.24) is 0 Å². The summed E-state index contributed by atoms with van der Waals surface area (Å²) in [5.74, 6) is -5.11. The summed E-state index contributed by atoms with van der Waals surface area (Å²) >= 11 is 0. The number of hydrogen-bond acceptors (Lipinski definition) is 3. The maximum absolute atomic E-state index is 13.7. The lowest BCUT2D eigenvalue weighted by molar-refractivity contribution is -0.896. The zero-order valence-corrected chi connectivity index (χ0v) is 9.32. The zero-order chi connectivity index (χ0) is 12.4. The molecule has 0 saturated carbocycles. The number of carbonyl (C=O) groups excluding carboxylic acids is 1. The molecule has 0 aliphatic heterocycles. The van der Waals surface area contributed by atoms with Crippen LogP contribution in [0.15, 0.2) is 0 Å². The second-order valence-electron chi connectivity index (χ2n) is 4.52. The topological polar surface area (TPSA) is 74.6 Å². The van der Waals surface area contributed by atoms with Gasteiger partial charge >= 0.3 is 5.97 Å². The van der Waals surface area contributed by atoms with Crippen molar-refractivity contribution in [1.29, 1.82) is 0 Å². The van der Waals surface area contributed by atoms with Crippen molar-refractivity contribution >= 4 is 11.8 Å². The van der Waals surface area contributed by atoms with Crippen LogP contribution in [0.4, 0.5) is 4.39 Å². The summed E-state index contributed by atoms with van der Waals surface area (Å²) in [6, 6.07) is -1.41. The normalized spacial score (nSPS) is 18.0. The molecule has 0 aromatic heterocycles. The third kappa shape index (κ3) is 3.93. The molecule has 2 N–H and O–H groups in total. The molecule has 0 fully saturated rings. The van der Waals surface area contributed by atoms with Crippen LogP contribution in [-0.4, -0.2) is 59.5 Å². The van der Waals surface area contributed by atoms with Crippen molar-refractivity contribution in [2.45, 2.75) is 25.2 Å². The highest BCUT2D eigenvalue weighted by Crippen LogP contribution is 2.25. The monoisotopic (exact) mass is 222 g/mol. The Labute approximate surface area is 87.7 Å². The van der Waals surface area contributed by atoms with Crippen LogP contribution in [0.5, 0.6) is 0 Å². The molecular formula is C9H17FNO4+. The van der Waals surface area contributed by atoms with E-state index >= 15 is 0 Å². The van der Waals surface area contributed by atoms with Crippen molar-refractivity contribution in [3.63, 3.8) is 0 Å². The van der Waals surface area contributed by atoms with E-state index in [0.717, 1.165) is 6.92 Å². The standard InChI is InChI=1S/C9H16FNO4/c1-6(12)8(11(2,3)4)9(10,15)5-7(13)14/h8,15H,5H2,1-4H3/p+1. The van der Waals surface area contributed by atoms with E-state index in [0.29, 0.717) is 0 Å². The summed E-state index contributed by atoms with van der Waals surface area (Å²) in [5.41, 5.74) is 0. The lowest BCUT2D eigenvalue weighted by Gasteiger charge is -2.37. The molecular weight excluding hydrogens is 205 g/mol. The van der Waals surface area contributed by atoms with Gasteiger partial charge in [0.15, 0.2) is 5.78 Å². The van der Waals surface area contributed by atoms with Crippen LogP contribution in [0.3, 0.4) is 0 Å². The van der Waals surface area contributed by atoms with Gasteiger partial charge in [0.05, 0.1) is 21.1 Å². The largest absolute Gasteiger partial charge is 0.481 e. The molecule has 0 aromatic carbocycles. The number of aliphatic hydroxyl groups is 1. The number of aliphatic carboxylic acids is 1. The molecule has 5 nitrogen and oxygen atoms in total. The number of Topliss-reactive ketones (excluding diaryl/α,β-unsaturated/α-hetero) is 1. The van der Waals surface area contributed by atoms with E-state index in [4.69, 9.17) is 5.11 Å². The van der Waals surface area contributed by atoms with Crippen molar-refractivity contribution in [3.05, 3.63) is 0 Å². The summed E-state index contributed by atoms with van der Waals surface area (Å²) in [7, 11) is 4.54. The van der Waals surface area contributed by atoms with Gasteiger partial charge in [-0.3, -0.25) is 9.59 Å². The van der Waals surface area contributed by atoms with Crippen LogP contribution in [0.1, 0.15) is 13.3 Å². The second kappa shape index (κ2) is 4.24. The van der Waals surface area contributed by atoms with E-state index in [-0.39, 0.29) is 4.48 Å². The number of nitrogens with zero attached hydrogens (tertiary/aromatic N) is 1. The molecule has 2 atom stereocenters. The Bertz CT molecular complexity index is 270. The van der Waals surface area contributed by atoms with Gasteiger partial charge in [-0.1, -0.05) is 0 Å². The van der Waals surface area contributed by atoms with Crippen LogP contribution in [0.25, 0.3) is 0 Å². The van der Waals surface area contributed by atoms with Crippen LogP contribution in [0, 0.1) is 0 Å². The molecule has 0 saturated heterocycles. The summed E-state index contributed by atoms with van der Waals surface area (Å²) in [4.78, 5) is 21.6. The van der Waals surface area contributed by atoms with Crippen molar-refractivity contribution in [2.75, 3.05) is 21.1 Å². The lowest BCUT2D eigenvalue weighted by atomic mass is 9.99. The molecule has 2 unspecified atom stereocenters. The summed E-state index contributed by atoms with van der Waals surface area (Å²) in [6.07, 6.45) is -1.10.